The van der Waals surface area contributed by atoms with E-state index in [1.807, 2.05) is 72.8 Å². The van der Waals surface area contributed by atoms with Crippen LogP contribution in [0.15, 0.2) is 78.9 Å². The van der Waals surface area contributed by atoms with Crippen LogP contribution in [0.4, 0.5) is 0 Å². The van der Waals surface area contributed by atoms with Crippen molar-refractivity contribution in [3.63, 3.8) is 0 Å². The summed E-state index contributed by atoms with van der Waals surface area (Å²) in [5.41, 5.74) is 2.36. The summed E-state index contributed by atoms with van der Waals surface area (Å²) in [5, 5.41) is 0. The van der Waals surface area contributed by atoms with Crippen LogP contribution in [0.1, 0.15) is 40.7 Å². The number of carbonyl (C=O) groups excluding carboxylic acids is 2. The molecular formula is C24H22O4. The summed E-state index contributed by atoms with van der Waals surface area (Å²) < 4.78 is 10.9. The zero-order chi connectivity index (χ0) is 19.9. The van der Waals surface area contributed by atoms with Crippen molar-refractivity contribution >= 4 is 11.8 Å². The van der Waals surface area contributed by atoms with E-state index in [0.29, 0.717) is 17.1 Å². The molecular weight excluding hydrogens is 352 g/mol. The van der Waals surface area contributed by atoms with Crippen LogP contribution in [-0.2, 0) is 4.79 Å². The summed E-state index contributed by atoms with van der Waals surface area (Å²) in [4.78, 5) is 24.6. The van der Waals surface area contributed by atoms with E-state index in [0.717, 1.165) is 11.1 Å². The molecule has 0 saturated carbocycles. The molecule has 1 unspecified atom stereocenters. The fourth-order valence-electron chi connectivity index (χ4n) is 3.24. The van der Waals surface area contributed by atoms with Crippen molar-refractivity contribution in [2.45, 2.75) is 19.3 Å². The van der Waals surface area contributed by atoms with Crippen LogP contribution in [0.2, 0.25) is 0 Å². The highest BCUT2D eigenvalue weighted by Crippen LogP contribution is 2.40. The lowest BCUT2D eigenvalue weighted by molar-refractivity contribution is -0.132. The van der Waals surface area contributed by atoms with E-state index in [4.69, 9.17) is 9.47 Å². The van der Waals surface area contributed by atoms with Gasteiger partial charge in [-0.05, 0) is 11.6 Å². The van der Waals surface area contributed by atoms with Gasteiger partial charge in [-0.3, -0.25) is 9.59 Å². The average Bonchev–Trinajstić information content (AvgIpc) is 2.73. The molecule has 0 fully saturated rings. The molecule has 0 heterocycles. The number of para-hydroxylation sites is 1. The summed E-state index contributed by atoms with van der Waals surface area (Å²) >= 11 is 0. The Morgan fingerprint density at radius 1 is 0.857 bits per heavy atom. The lowest BCUT2D eigenvalue weighted by atomic mass is 9.85. The molecule has 0 aliphatic rings. The molecule has 0 radical (unpaired) electrons. The molecule has 1 atom stereocenters. The molecule has 0 amide bonds. The number of esters is 1. The van der Waals surface area contributed by atoms with Crippen molar-refractivity contribution in [3.05, 3.63) is 95.6 Å². The molecule has 4 nitrogen and oxygen atoms in total. The van der Waals surface area contributed by atoms with Crippen LogP contribution >= 0.6 is 0 Å². The first-order valence-corrected chi connectivity index (χ1v) is 9.08. The molecule has 3 aromatic carbocycles. The minimum atomic E-state index is -0.438. The first-order valence-electron chi connectivity index (χ1n) is 9.08. The minimum Gasteiger partial charge on any atom is -0.493 e. The second-order valence-corrected chi connectivity index (χ2v) is 6.43. The van der Waals surface area contributed by atoms with Gasteiger partial charge in [0.15, 0.2) is 17.3 Å². The third kappa shape index (κ3) is 4.46. The lowest BCUT2D eigenvalue weighted by Gasteiger charge is -2.21. The monoisotopic (exact) mass is 374 g/mol. The van der Waals surface area contributed by atoms with Gasteiger partial charge in [-0.15, -0.1) is 0 Å². The van der Waals surface area contributed by atoms with E-state index < -0.39 is 5.97 Å². The summed E-state index contributed by atoms with van der Waals surface area (Å²) in [6.45, 7) is 1.35. The molecule has 0 spiro atoms. The Balaban J connectivity index is 2.08. The van der Waals surface area contributed by atoms with E-state index in [1.54, 1.807) is 6.07 Å². The van der Waals surface area contributed by atoms with E-state index in [2.05, 4.69) is 0 Å². The van der Waals surface area contributed by atoms with E-state index in [1.165, 1.54) is 14.0 Å². The third-order valence-corrected chi connectivity index (χ3v) is 4.54. The van der Waals surface area contributed by atoms with Crippen LogP contribution in [0.5, 0.6) is 11.5 Å². The maximum Gasteiger partial charge on any atom is 0.308 e. The first kappa shape index (κ1) is 19.4. The van der Waals surface area contributed by atoms with Crippen molar-refractivity contribution < 1.29 is 19.1 Å². The Morgan fingerprint density at radius 2 is 1.50 bits per heavy atom. The quantitative estimate of drug-likeness (QED) is 0.331. The number of carbonyl (C=O) groups is 2. The average molecular weight is 374 g/mol. The second kappa shape index (κ2) is 9.00. The largest absolute Gasteiger partial charge is 0.493 e. The molecule has 0 N–H and O–H groups in total. The SMILES string of the molecule is COc1cccc(C(CC(=O)c2ccccc2)c2ccccc2)c1OC(C)=O. The van der Waals surface area contributed by atoms with Gasteiger partial charge in [-0.25, -0.2) is 0 Å². The lowest BCUT2D eigenvalue weighted by Crippen LogP contribution is -2.13. The fraction of sp³-hybridized carbons (Fsp3) is 0.167. The molecule has 28 heavy (non-hydrogen) atoms. The molecule has 0 bridgehead atoms. The maximum absolute atomic E-state index is 13.0. The zero-order valence-corrected chi connectivity index (χ0v) is 15.9. The molecule has 3 aromatic rings. The van der Waals surface area contributed by atoms with Gasteiger partial charge in [0.25, 0.3) is 0 Å². The van der Waals surface area contributed by atoms with Crippen molar-refractivity contribution in [2.75, 3.05) is 7.11 Å². The smallest absolute Gasteiger partial charge is 0.308 e. The van der Waals surface area contributed by atoms with Crippen LogP contribution in [-0.4, -0.2) is 18.9 Å². The third-order valence-electron chi connectivity index (χ3n) is 4.54. The minimum absolute atomic E-state index is 0.0195. The van der Waals surface area contributed by atoms with Crippen LogP contribution in [0, 0.1) is 0 Å². The van der Waals surface area contributed by atoms with Gasteiger partial charge in [0.2, 0.25) is 0 Å². The summed E-state index contributed by atoms with van der Waals surface area (Å²) in [5.74, 6) is 0.115. The number of benzene rings is 3. The number of hydrogen-bond donors (Lipinski definition) is 0. The number of methoxy groups -OCH3 is 1. The molecule has 3 rings (SSSR count). The summed E-state index contributed by atoms with van der Waals surface area (Å²) in [6.07, 6.45) is 0.245. The van der Waals surface area contributed by atoms with Gasteiger partial charge in [-0.1, -0.05) is 72.8 Å². The normalized spacial score (nSPS) is 11.5. The molecule has 0 aromatic heterocycles. The number of ketones is 1. The molecule has 0 saturated heterocycles. The number of hydrogen-bond acceptors (Lipinski definition) is 4. The molecule has 0 aliphatic heterocycles. The van der Waals surface area contributed by atoms with E-state index in [9.17, 15) is 9.59 Å². The standard InChI is InChI=1S/C24H22O4/c1-17(25)28-24-20(14-9-15-23(24)27-2)21(18-10-5-3-6-11-18)16-22(26)19-12-7-4-8-13-19/h3-15,21H,16H2,1-2H3. The van der Waals surface area contributed by atoms with E-state index >= 15 is 0 Å². The first-order chi connectivity index (χ1) is 13.6. The molecule has 4 heteroatoms. The van der Waals surface area contributed by atoms with Crippen molar-refractivity contribution in [1.29, 1.82) is 0 Å². The van der Waals surface area contributed by atoms with Crippen LogP contribution in [0.25, 0.3) is 0 Å². The molecule has 142 valence electrons. The highest BCUT2D eigenvalue weighted by molar-refractivity contribution is 5.96. The maximum atomic E-state index is 13.0. The van der Waals surface area contributed by atoms with Gasteiger partial charge < -0.3 is 9.47 Å². The Labute approximate surface area is 164 Å². The summed E-state index contributed by atoms with van der Waals surface area (Å²) in [7, 11) is 1.53. The van der Waals surface area contributed by atoms with Gasteiger partial charge in [0.05, 0.1) is 7.11 Å². The Hall–Kier alpha value is -3.40. The van der Waals surface area contributed by atoms with Crippen molar-refractivity contribution in [2.24, 2.45) is 0 Å². The van der Waals surface area contributed by atoms with Gasteiger partial charge in [-0.2, -0.15) is 0 Å². The fourth-order valence-corrected chi connectivity index (χ4v) is 3.24. The topological polar surface area (TPSA) is 52.6 Å². The van der Waals surface area contributed by atoms with Gasteiger partial charge >= 0.3 is 5.97 Å². The summed E-state index contributed by atoms with van der Waals surface area (Å²) in [6, 6.07) is 24.4. The van der Waals surface area contributed by atoms with Crippen LogP contribution < -0.4 is 9.47 Å². The van der Waals surface area contributed by atoms with Crippen molar-refractivity contribution in [1.82, 2.24) is 0 Å². The number of Topliss-reactive ketones (excluding diaryl/α,β-unsaturated/α-hetero) is 1. The number of rotatable bonds is 7. The van der Waals surface area contributed by atoms with Gasteiger partial charge in [0.1, 0.15) is 0 Å². The molecule has 0 aliphatic carbocycles. The predicted molar refractivity (Wildman–Crippen MR) is 108 cm³/mol. The van der Waals surface area contributed by atoms with Crippen molar-refractivity contribution in [3.8, 4) is 11.5 Å². The van der Waals surface area contributed by atoms with Crippen LogP contribution in [0.3, 0.4) is 0 Å². The second-order valence-electron chi connectivity index (χ2n) is 6.43. The Morgan fingerprint density at radius 3 is 2.11 bits per heavy atom. The number of ether oxygens (including phenoxy) is 2. The zero-order valence-electron chi connectivity index (χ0n) is 15.9. The Kier molecular flexibility index (Phi) is 6.22. The van der Waals surface area contributed by atoms with Gasteiger partial charge in [0, 0.05) is 30.4 Å². The highest BCUT2D eigenvalue weighted by Gasteiger charge is 2.25. The van der Waals surface area contributed by atoms with E-state index in [-0.39, 0.29) is 18.1 Å². The Bertz CT molecular complexity index is 949. The highest BCUT2D eigenvalue weighted by atomic mass is 16.6. The predicted octanol–water partition coefficient (Wildman–Crippen LogP) is 5.03.